The van der Waals surface area contributed by atoms with Gasteiger partial charge < -0.3 is 15.4 Å². The van der Waals surface area contributed by atoms with E-state index in [2.05, 4.69) is 25.8 Å². The number of aromatic nitrogens is 3. The number of carbonyl (C=O) groups excluding carboxylic acids is 1. The van der Waals surface area contributed by atoms with Crippen molar-refractivity contribution in [1.29, 1.82) is 0 Å². The number of amides is 1. The highest BCUT2D eigenvalue weighted by Gasteiger charge is 2.18. The van der Waals surface area contributed by atoms with Gasteiger partial charge in [0, 0.05) is 30.2 Å². The number of hydrogen-bond donors (Lipinski definition) is 2. The van der Waals surface area contributed by atoms with Crippen LogP contribution in [0.25, 0.3) is 21.3 Å². The van der Waals surface area contributed by atoms with E-state index in [9.17, 15) is 9.18 Å². The van der Waals surface area contributed by atoms with Crippen LogP contribution < -0.4 is 10.6 Å². The lowest BCUT2D eigenvalue weighted by molar-refractivity contribution is -0.119. The van der Waals surface area contributed by atoms with Gasteiger partial charge in [0.05, 0.1) is 19.1 Å². The second kappa shape index (κ2) is 7.63. The molecule has 0 bridgehead atoms. The molecule has 0 aliphatic carbocycles. The van der Waals surface area contributed by atoms with Crippen molar-refractivity contribution in [2.45, 2.75) is 19.4 Å². The molecule has 7 nitrogen and oxygen atoms in total. The summed E-state index contributed by atoms with van der Waals surface area (Å²) in [7, 11) is 0. The molecule has 1 atom stereocenters. The quantitative estimate of drug-likeness (QED) is 0.715. The number of morpholine rings is 1. The van der Waals surface area contributed by atoms with Crippen LogP contribution in [0.15, 0.2) is 24.4 Å². The van der Waals surface area contributed by atoms with E-state index in [1.165, 1.54) is 23.6 Å². The zero-order valence-electron chi connectivity index (χ0n) is 14.7. The summed E-state index contributed by atoms with van der Waals surface area (Å²) in [6.45, 7) is 3.89. The van der Waals surface area contributed by atoms with Gasteiger partial charge >= 0.3 is 0 Å². The van der Waals surface area contributed by atoms with Crippen molar-refractivity contribution in [3.63, 3.8) is 0 Å². The normalized spacial score (nSPS) is 17.2. The molecule has 1 aromatic carbocycles. The van der Waals surface area contributed by atoms with E-state index < -0.39 is 0 Å². The number of halogens is 1. The van der Waals surface area contributed by atoms with Crippen molar-refractivity contribution in [2.75, 3.05) is 25.0 Å². The van der Waals surface area contributed by atoms with Crippen molar-refractivity contribution in [3.05, 3.63) is 35.2 Å². The molecule has 0 saturated carbocycles. The Kier molecular flexibility index (Phi) is 5.06. The monoisotopic (exact) mass is 387 g/mol. The van der Waals surface area contributed by atoms with E-state index in [-0.39, 0.29) is 24.2 Å². The highest BCUT2D eigenvalue weighted by molar-refractivity contribution is 7.14. The maximum atomic E-state index is 14.4. The molecule has 27 heavy (non-hydrogen) atoms. The van der Waals surface area contributed by atoms with Gasteiger partial charge in [0.2, 0.25) is 5.91 Å². The van der Waals surface area contributed by atoms with Crippen molar-refractivity contribution >= 4 is 33.8 Å². The summed E-state index contributed by atoms with van der Waals surface area (Å²) in [5, 5.41) is 16.5. The molecule has 1 fully saturated rings. The number of hydrogen-bond acceptors (Lipinski definition) is 7. The van der Waals surface area contributed by atoms with Gasteiger partial charge in [0.15, 0.2) is 0 Å². The molecule has 2 aromatic heterocycles. The summed E-state index contributed by atoms with van der Waals surface area (Å²) in [5.41, 5.74) is 0.649. The zero-order valence-corrected chi connectivity index (χ0v) is 15.5. The van der Waals surface area contributed by atoms with Gasteiger partial charge in [-0.05, 0) is 30.5 Å². The largest absolute Gasteiger partial charge is 0.375 e. The van der Waals surface area contributed by atoms with Crippen LogP contribution in [0.2, 0.25) is 0 Å². The van der Waals surface area contributed by atoms with E-state index >= 15 is 0 Å². The van der Waals surface area contributed by atoms with Gasteiger partial charge in [0.1, 0.15) is 21.7 Å². The molecule has 3 aromatic rings. The summed E-state index contributed by atoms with van der Waals surface area (Å²) in [6, 6.07) is 4.91. The molecule has 1 aliphatic heterocycles. The fraction of sp³-hybridized carbons (Fsp3) is 0.333. The van der Waals surface area contributed by atoms with Crippen LogP contribution in [0.1, 0.15) is 11.4 Å². The standard InChI is InChI=1S/C18H18FN5O2S/c1-10-23-24-18(27-10)12-4-11-6-16(21-9-14(11)15(19)5-12)22-17(25)7-13-8-20-2-3-26-13/h4-6,9,13,20H,2-3,7-8H2,1H3,(H,21,22,25). The molecule has 3 heterocycles. The minimum atomic E-state index is -0.387. The Hall–Kier alpha value is -2.49. The number of fused-ring (bicyclic) bond motifs is 1. The molecule has 1 saturated heterocycles. The van der Waals surface area contributed by atoms with Gasteiger partial charge in [-0.25, -0.2) is 9.37 Å². The van der Waals surface area contributed by atoms with Crippen molar-refractivity contribution in [3.8, 4) is 10.6 Å². The Morgan fingerprint density at radius 2 is 2.30 bits per heavy atom. The number of rotatable bonds is 4. The first-order chi connectivity index (χ1) is 13.1. The second-order valence-corrected chi connectivity index (χ2v) is 7.51. The number of ether oxygens (including phenoxy) is 1. The van der Waals surface area contributed by atoms with Crippen LogP contribution in [0.3, 0.4) is 0 Å². The van der Waals surface area contributed by atoms with E-state index in [1.807, 2.05) is 13.0 Å². The Bertz CT molecular complexity index is 987. The highest BCUT2D eigenvalue weighted by atomic mass is 32.1. The second-order valence-electron chi connectivity index (χ2n) is 6.32. The maximum Gasteiger partial charge on any atom is 0.228 e. The number of anilines is 1. The number of pyridine rings is 1. The lowest BCUT2D eigenvalue weighted by Crippen LogP contribution is -2.40. The minimum Gasteiger partial charge on any atom is -0.375 e. The number of carbonyl (C=O) groups is 1. The summed E-state index contributed by atoms with van der Waals surface area (Å²) >= 11 is 1.40. The Morgan fingerprint density at radius 1 is 1.41 bits per heavy atom. The van der Waals surface area contributed by atoms with Crippen molar-refractivity contribution in [2.24, 2.45) is 0 Å². The highest BCUT2D eigenvalue weighted by Crippen LogP contribution is 2.29. The van der Waals surface area contributed by atoms with Gasteiger partial charge in [-0.3, -0.25) is 4.79 Å². The number of benzene rings is 1. The van der Waals surface area contributed by atoms with Gasteiger partial charge in [0.25, 0.3) is 0 Å². The average molecular weight is 387 g/mol. The van der Waals surface area contributed by atoms with E-state index in [0.29, 0.717) is 40.3 Å². The summed E-state index contributed by atoms with van der Waals surface area (Å²) < 4.78 is 20.0. The third kappa shape index (κ3) is 4.10. The first-order valence-corrected chi connectivity index (χ1v) is 9.42. The van der Waals surface area contributed by atoms with E-state index in [1.54, 1.807) is 6.07 Å². The van der Waals surface area contributed by atoms with Crippen LogP contribution in [0.4, 0.5) is 10.2 Å². The molecule has 1 unspecified atom stereocenters. The molecule has 140 valence electrons. The van der Waals surface area contributed by atoms with Gasteiger partial charge in [-0.1, -0.05) is 11.3 Å². The summed E-state index contributed by atoms with van der Waals surface area (Å²) in [5.74, 6) is -0.199. The molecule has 4 rings (SSSR count). The lowest BCUT2D eigenvalue weighted by atomic mass is 10.1. The topological polar surface area (TPSA) is 89.0 Å². The fourth-order valence-corrected chi connectivity index (χ4v) is 3.65. The minimum absolute atomic E-state index is 0.149. The predicted molar refractivity (Wildman–Crippen MR) is 101 cm³/mol. The average Bonchev–Trinajstić information content (AvgIpc) is 3.08. The zero-order chi connectivity index (χ0) is 18.8. The molecule has 2 N–H and O–H groups in total. The van der Waals surface area contributed by atoms with Crippen LogP contribution in [-0.4, -0.2) is 46.9 Å². The molecular weight excluding hydrogens is 369 g/mol. The lowest BCUT2D eigenvalue weighted by Gasteiger charge is -2.22. The fourth-order valence-electron chi connectivity index (χ4n) is 2.97. The Labute approximate surface area is 159 Å². The predicted octanol–water partition coefficient (Wildman–Crippen LogP) is 2.52. The van der Waals surface area contributed by atoms with Crippen molar-refractivity contribution in [1.82, 2.24) is 20.5 Å². The number of nitrogens with one attached hydrogen (secondary N) is 2. The maximum absolute atomic E-state index is 14.4. The number of nitrogens with zero attached hydrogens (tertiary/aromatic N) is 3. The third-order valence-corrected chi connectivity index (χ3v) is 5.13. The van der Waals surface area contributed by atoms with Gasteiger partial charge in [-0.15, -0.1) is 10.2 Å². The van der Waals surface area contributed by atoms with Crippen molar-refractivity contribution < 1.29 is 13.9 Å². The molecule has 1 aliphatic rings. The van der Waals surface area contributed by atoms with E-state index in [0.717, 1.165) is 11.6 Å². The van der Waals surface area contributed by atoms with Crippen LogP contribution in [0.5, 0.6) is 0 Å². The molecule has 0 spiro atoms. The first-order valence-electron chi connectivity index (χ1n) is 8.60. The SMILES string of the molecule is Cc1nnc(-c2cc(F)c3cnc(NC(=O)CC4CNCCO4)cc3c2)s1. The smallest absolute Gasteiger partial charge is 0.228 e. The summed E-state index contributed by atoms with van der Waals surface area (Å²) in [6.07, 6.45) is 1.52. The summed E-state index contributed by atoms with van der Waals surface area (Å²) in [4.78, 5) is 16.4. The van der Waals surface area contributed by atoms with Crippen LogP contribution in [0, 0.1) is 12.7 Å². The third-order valence-electron chi connectivity index (χ3n) is 4.24. The van der Waals surface area contributed by atoms with Crippen LogP contribution in [-0.2, 0) is 9.53 Å². The van der Waals surface area contributed by atoms with Gasteiger partial charge in [-0.2, -0.15) is 0 Å². The Balaban J connectivity index is 1.56. The first kappa shape index (κ1) is 17.9. The Morgan fingerprint density at radius 3 is 3.04 bits per heavy atom. The molecule has 9 heteroatoms. The molecular formula is C18H18FN5O2S. The number of aryl methyl sites for hydroxylation is 1. The van der Waals surface area contributed by atoms with E-state index in [4.69, 9.17) is 4.74 Å². The van der Waals surface area contributed by atoms with Crippen LogP contribution >= 0.6 is 11.3 Å². The molecule has 1 amide bonds. The molecule has 0 radical (unpaired) electrons.